The molecule has 0 aromatic rings. The molecule has 0 fully saturated rings. The first-order chi connectivity index (χ1) is 5.68. The van der Waals surface area contributed by atoms with Gasteiger partial charge in [0.15, 0.2) is 0 Å². The van der Waals surface area contributed by atoms with Gasteiger partial charge in [0.25, 0.3) is 0 Å². The monoisotopic (exact) mass is 315 g/mol. The zero-order valence-corrected chi connectivity index (χ0v) is 12.4. The van der Waals surface area contributed by atoms with Crippen molar-refractivity contribution in [2.24, 2.45) is 0 Å². The first kappa shape index (κ1) is 16.4. The molecule has 1 atom stereocenters. The van der Waals surface area contributed by atoms with E-state index in [0.717, 1.165) is 0 Å². The van der Waals surface area contributed by atoms with Crippen LogP contribution >= 0.6 is 32.9 Å². The van der Waals surface area contributed by atoms with Crippen molar-refractivity contribution in [1.29, 1.82) is 0 Å². The summed E-state index contributed by atoms with van der Waals surface area (Å²) < 4.78 is 0. The minimum atomic E-state index is 0. The molecule has 0 N–H and O–H groups in total. The zero-order chi connectivity index (χ0) is 9.40. The second-order valence-corrected chi connectivity index (χ2v) is 4.66. The number of halogens is 2. The topological polar surface area (TPSA) is 3.24 Å². The third-order valence-corrected chi connectivity index (χ3v) is 3.38. The molecule has 0 heterocycles. The highest BCUT2D eigenvalue weighted by molar-refractivity contribution is 9.09. The lowest BCUT2D eigenvalue weighted by Crippen LogP contribution is -2.21. The summed E-state index contributed by atoms with van der Waals surface area (Å²) in [4.78, 5) is 2.79. The Morgan fingerprint density at radius 1 is 1.08 bits per heavy atom. The molecule has 0 aliphatic rings. The van der Waals surface area contributed by atoms with E-state index in [0.29, 0.717) is 4.95 Å². The van der Waals surface area contributed by atoms with Crippen molar-refractivity contribution in [2.45, 2.75) is 50.4 Å². The predicted octanol–water partition coefficient (Wildman–Crippen LogP) is 4.21. The molecule has 1 nitrogen and oxygen atoms in total. The van der Waals surface area contributed by atoms with Crippen LogP contribution in [0.4, 0.5) is 0 Å². The number of nitrogens with zero attached hydrogens (tertiary/aromatic N) is 1. The molecule has 0 aromatic carbocycles. The molecule has 0 aromatic heterocycles. The molecule has 0 saturated heterocycles. The molecular formula is C10H23Br2N. The number of hydrogen-bond acceptors (Lipinski definition) is 1. The minimum absolute atomic E-state index is 0. The SMILES string of the molecule is Br.CCCCCCCC(Br)N(C)C. The van der Waals surface area contributed by atoms with E-state index in [1.54, 1.807) is 0 Å². The van der Waals surface area contributed by atoms with Gasteiger partial charge in [-0.2, -0.15) is 0 Å². The van der Waals surface area contributed by atoms with Crippen molar-refractivity contribution in [3.05, 3.63) is 0 Å². The van der Waals surface area contributed by atoms with Gasteiger partial charge in [-0.15, -0.1) is 17.0 Å². The van der Waals surface area contributed by atoms with Gasteiger partial charge in [0, 0.05) is 0 Å². The summed E-state index contributed by atoms with van der Waals surface area (Å²) in [5.74, 6) is 0. The molecule has 82 valence electrons. The van der Waals surface area contributed by atoms with Gasteiger partial charge in [0.05, 0.1) is 4.95 Å². The molecule has 0 spiro atoms. The van der Waals surface area contributed by atoms with Crippen LogP contribution in [-0.4, -0.2) is 23.9 Å². The maximum absolute atomic E-state index is 3.64. The molecule has 0 aliphatic heterocycles. The molecular weight excluding hydrogens is 294 g/mol. The Morgan fingerprint density at radius 2 is 1.62 bits per heavy atom. The lowest BCUT2D eigenvalue weighted by Gasteiger charge is -2.17. The average molecular weight is 317 g/mol. The molecule has 0 saturated carbocycles. The highest BCUT2D eigenvalue weighted by Crippen LogP contribution is 2.13. The number of rotatable bonds is 7. The van der Waals surface area contributed by atoms with E-state index in [1.807, 2.05) is 0 Å². The first-order valence-electron chi connectivity index (χ1n) is 4.99. The second-order valence-electron chi connectivity index (χ2n) is 3.60. The smallest absolute Gasteiger partial charge is 0.0650 e. The Bertz CT molecular complexity index is 96.9. The fourth-order valence-electron chi connectivity index (χ4n) is 1.17. The quantitative estimate of drug-likeness (QED) is 0.386. The number of alkyl halides is 1. The fraction of sp³-hybridized carbons (Fsp3) is 1.00. The highest BCUT2D eigenvalue weighted by atomic mass is 79.9. The largest absolute Gasteiger partial charge is 0.297 e. The predicted molar refractivity (Wildman–Crippen MR) is 70.1 cm³/mol. The molecule has 0 radical (unpaired) electrons. The summed E-state index contributed by atoms with van der Waals surface area (Å²) in [7, 11) is 4.23. The summed E-state index contributed by atoms with van der Waals surface area (Å²) >= 11 is 3.64. The average Bonchev–Trinajstić information content (AvgIpc) is 2.03. The Morgan fingerprint density at radius 3 is 2.08 bits per heavy atom. The lowest BCUT2D eigenvalue weighted by atomic mass is 10.1. The van der Waals surface area contributed by atoms with E-state index in [9.17, 15) is 0 Å². The van der Waals surface area contributed by atoms with Gasteiger partial charge < -0.3 is 0 Å². The fourth-order valence-corrected chi connectivity index (χ4v) is 1.50. The van der Waals surface area contributed by atoms with Gasteiger partial charge in [-0.05, 0) is 20.5 Å². The summed E-state index contributed by atoms with van der Waals surface area (Å²) in [6.07, 6.45) is 8.17. The Hall–Kier alpha value is 0.920. The number of unbranched alkanes of at least 4 members (excludes halogenated alkanes) is 4. The second kappa shape index (κ2) is 11.0. The van der Waals surface area contributed by atoms with Crippen LogP contribution in [0.15, 0.2) is 0 Å². The minimum Gasteiger partial charge on any atom is -0.297 e. The van der Waals surface area contributed by atoms with E-state index in [-0.39, 0.29) is 17.0 Å². The normalized spacial score (nSPS) is 12.7. The van der Waals surface area contributed by atoms with Crippen molar-refractivity contribution in [3.8, 4) is 0 Å². The molecule has 0 rings (SSSR count). The van der Waals surface area contributed by atoms with Gasteiger partial charge in [-0.1, -0.05) is 55.0 Å². The van der Waals surface area contributed by atoms with E-state index < -0.39 is 0 Å². The van der Waals surface area contributed by atoms with Crippen LogP contribution < -0.4 is 0 Å². The van der Waals surface area contributed by atoms with Crippen LogP contribution in [0.5, 0.6) is 0 Å². The van der Waals surface area contributed by atoms with Crippen LogP contribution in [0.2, 0.25) is 0 Å². The Labute approximate surface area is 102 Å². The maximum atomic E-state index is 3.64. The summed E-state index contributed by atoms with van der Waals surface area (Å²) in [6.45, 7) is 2.26. The molecule has 3 heteroatoms. The zero-order valence-electron chi connectivity index (χ0n) is 9.05. The van der Waals surface area contributed by atoms with E-state index >= 15 is 0 Å². The van der Waals surface area contributed by atoms with Crippen LogP contribution in [-0.2, 0) is 0 Å². The van der Waals surface area contributed by atoms with Gasteiger partial charge in [-0.25, -0.2) is 0 Å². The van der Waals surface area contributed by atoms with Crippen molar-refractivity contribution in [3.63, 3.8) is 0 Å². The summed E-state index contributed by atoms with van der Waals surface area (Å²) in [6, 6.07) is 0. The third kappa shape index (κ3) is 10.8. The van der Waals surface area contributed by atoms with Crippen LogP contribution in [0.1, 0.15) is 45.4 Å². The van der Waals surface area contributed by atoms with Gasteiger partial charge in [-0.3, -0.25) is 4.90 Å². The summed E-state index contributed by atoms with van der Waals surface area (Å²) in [5.41, 5.74) is 0. The highest BCUT2D eigenvalue weighted by Gasteiger charge is 2.04. The third-order valence-electron chi connectivity index (χ3n) is 2.11. The maximum Gasteiger partial charge on any atom is 0.0650 e. The molecule has 0 amide bonds. The van der Waals surface area contributed by atoms with Gasteiger partial charge in [0.1, 0.15) is 0 Å². The molecule has 0 aliphatic carbocycles. The van der Waals surface area contributed by atoms with Gasteiger partial charge >= 0.3 is 0 Å². The van der Waals surface area contributed by atoms with Crippen molar-refractivity contribution >= 4 is 32.9 Å². The standard InChI is InChI=1S/C10H22BrN.BrH/c1-4-5-6-7-8-9-10(11)12(2)3;/h10H,4-9H2,1-3H3;1H. The van der Waals surface area contributed by atoms with E-state index in [2.05, 4.69) is 41.8 Å². The van der Waals surface area contributed by atoms with Crippen LogP contribution in [0.3, 0.4) is 0 Å². The van der Waals surface area contributed by atoms with Gasteiger partial charge in [0.2, 0.25) is 0 Å². The van der Waals surface area contributed by atoms with Crippen molar-refractivity contribution in [2.75, 3.05) is 14.1 Å². The van der Waals surface area contributed by atoms with E-state index in [1.165, 1.54) is 38.5 Å². The van der Waals surface area contributed by atoms with Crippen molar-refractivity contribution in [1.82, 2.24) is 4.90 Å². The Balaban J connectivity index is 0. The molecule has 13 heavy (non-hydrogen) atoms. The lowest BCUT2D eigenvalue weighted by molar-refractivity contribution is 0.364. The number of hydrogen-bond donors (Lipinski definition) is 0. The Kier molecular flexibility index (Phi) is 13.8. The summed E-state index contributed by atoms with van der Waals surface area (Å²) in [5, 5.41) is 0. The first-order valence-corrected chi connectivity index (χ1v) is 5.90. The molecule has 0 bridgehead atoms. The van der Waals surface area contributed by atoms with Crippen LogP contribution in [0, 0.1) is 0 Å². The molecule has 1 unspecified atom stereocenters. The van der Waals surface area contributed by atoms with Crippen molar-refractivity contribution < 1.29 is 0 Å². The van der Waals surface area contributed by atoms with Crippen LogP contribution in [0.25, 0.3) is 0 Å². The van der Waals surface area contributed by atoms with E-state index in [4.69, 9.17) is 0 Å².